The van der Waals surface area contributed by atoms with E-state index in [2.05, 4.69) is 15.5 Å². The Hall–Kier alpha value is -1.72. The molecule has 2 heterocycles. The average Bonchev–Trinajstić information content (AvgIpc) is 2.49. The molecule has 0 saturated carbocycles. The van der Waals surface area contributed by atoms with Crippen molar-refractivity contribution in [3.63, 3.8) is 0 Å². The van der Waals surface area contributed by atoms with Crippen molar-refractivity contribution < 1.29 is 9.50 Å². The summed E-state index contributed by atoms with van der Waals surface area (Å²) in [7, 11) is 0. The van der Waals surface area contributed by atoms with Crippen molar-refractivity contribution in [1.29, 1.82) is 0 Å². The van der Waals surface area contributed by atoms with Crippen LogP contribution in [0.15, 0.2) is 24.3 Å². The fourth-order valence-electron chi connectivity index (χ4n) is 2.97. The Morgan fingerprint density at radius 2 is 2.13 bits per heavy atom. The van der Waals surface area contributed by atoms with Crippen molar-refractivity contribution in [3.8, 4) is 17.0 Å². The van der Waals surface area contributed by atoms with Crippen molar-refractivity contribution in [1.82, 2.24) is 15.5 Å². The number of aryl methyl sites for hydroxylation is 1. The molecule has 6 heteroatoms. The topological polar surface area (TPSA) is 58.0 Å². The minimum absolute atomic E-state index is 0. The Labute approximate surface area is 141 Å². The Morgan fingerprint density at radius 3 is 2.74 bits per heavy atom. The van der Waals surface area contributed by atoms with Crippen molar-refractivity contribution >= 4 is 12.4 Å². The van der Waals surface area contributed by atoms with Gasteiger partial charge in [-0.25, -0.2) is 4.39 Å². The first-order valence-corrected chi connectivity index (χ1v) is 7.66. The van der Waals surface area contributed by atoms with Crippen LogP contribution in [0, 0.1) is 18.7 Å². The number of benzene rings is 1. The molecule has 1 saturated heterocycles. The minimum atomic E-state index is -0.476. The molecule has 23 heavy (non-hydrogen) atoms. The monoisotopic (exact) mass is 337 g/mol. The minimum Gasteiger partial charge on any atom is -0.507 e. The van der Waals surface area contributed by atoms with Crippen LogP contribution in [0.5, 0.6) is 5.75 Å². The highest BCUT2D eigenvalue weighted by atomic mass is 35.5. The molecule has 1 unspecified atom stereocenters. The summed E-state index contributed by atoms with van der Waals surface area (Å²) in [5.74, 6) is 0.00507. The number of halogens is 2. The number of aromatic nitrogens is 2. The molecule has 1 aliphatic heterocycles. The fraction of sp³-hybridized carbons (Fsp3) is 0.412. The number of rotatable bonds is 3. The summed E-state index contributed by atoms with van der Waals surface area (Å²) in [6.07, 6.45) is 3.27. The molecule has 0 bridgehead atoms. The number of phenolic OH excluding ortho intramolecular Hbond substituents is 1. The standard InChI is InChI=1S/C17H20FN3O.ClH/c1-11-7-14(18)17(16(22)8-11)15-5-4-13(20-21-15)9-12-3-2-6-19-10-12;/h4-5,7-8,12,19,22H,2-3,6,9-10H2,1H3;1H. The Morgan fingerprint density at radius 1 is 1.30 bits per heavy atom. The van der Waals surface area contributed by atoms with E-state index < -0.39 is 5.82 Å². The lowest BCUT2D eigenvalue weighted by atomic mass is 9.94. The van der Waals surface area contributed by atoms with E-state index in [1.54, 1.807) is 13.0 Å². The molecule has 1 atom stereocenters. The van der Waals surface area contributed by atoms with E-state index >= 15 is 0 Å². The van der Waals surface area contributed by atoms with Gasteiger partial charge in [0.25, 0.3) is 0 Å². The summed E-state index contributed by atoms with van der Waals surface area (Å²) >= 11 is 0. The Kier molecular flexibility index (Phi) is 5.91. The van der Waals surface area contributed by atoms with Gasteiger partial charge in [-0.15, -0.1) is 12.4 Å². The van der Waals surface area contributed by atoms with Gasteiger partial charge in [-0.3, -0.25) is 0 Å². The quantitative estimate of drug-likeness (QED) is 0.902. The fourth-order valence-corrected chi connectivity index (χ4v) is 2.97. The number of nitrogens with one attached hydrogen (secondary N) is 1. The number of hydrogen-bond acceptors (Lipinski definition) is 4. The van der Waals surface area contributed by atoms with Crippen molar-refractivity contribution in [2.45, 2.75) is 26.2 Å². The lowest BCUT2D eigenvalue weighted by molar-refractivity contribution is 0.373. The zero-order valence-electron chi connectivity index (χ0n) is 13.1. The first kappa shape index (κ1) is 17.6. The van der Waals surface area contributed by atoms with E-state index in [1.165, 1.54) is 25.0 Å². The second kappa shape index (κ2) is 7.70. The predicted molar refractivity (Wildman–Crippen MR) is 90.4 cm³/mol. The van der Waals surface area contributed by atoms with Crippen LogP contribution in [0.25, 0.3) is 11.3 Å². The molecule has 0 spiro atoms. The maximum atomic E-state index is 14.0. The molecule has 2 N–H and O–H groups in total. The van der Waals surface area contributed by atoms with Gasteiger partial charge in [0, 0.05) is 0 Å². The summed E-state index contributed by atoms with van der Waals surface area (Å²) in [4.78, 5) is 0. The van der Waals surface area contributed by atoms with Crippen molar-refractivity contribution in [2.75, 3.05) is 13.1 Å². The van der Waals surface area contributed by atoms with Crippen molar-refractivity contribution in [2.24, 2.45) is 5.92 Å². The number of phenols is 1. The van der Waals surface area contributed by atoms with Crippen LogP contribution < -0.4 is 5.32 Å². The van der Waals surface area contributed by atoms with Gasteiger partial charge in [0.1, 0.15) is 11.6 Å². The second-order valence-corrected chi connectivity index (χ2v) is 5.97. The summed E-state index contributed by atoms with van der Waals surface area (Å²) in [6, 6.07) is 6.52. The highest BCUT2D eigenvalue weighted by Gasteiger charge is 2.16. The van der Waals surface area contributed by atoms with E-state index in [9.17, 15) is 9.50 Å². The van der Waals surface area contributed by atoms with Gasteiger partial charge in [0.05, 0.1) is 17.0 Å². The summed E-state index contributed by atoms with van der Waals surface area (Å²) < 4.78 is 14.0. The third-order valence-electron chi connectivity index (χ3n) is 4.09. The maximum Gasteiger partial charge on any atom is 0.136 e. The van der Waals surface area contributed by atoms with Gasteiger partial charge in [-0.2, -0.15) is 10.2 Å². The molecular formula is C17H21ClFN3O. The van der Waals surface area contributed by atoms with E-state index in [0.717, 1.165) is 25.2 Å². The SMILES string of the molecule is Cc1cc(O)c(-c2ccc(CC3CCCNC3)nn2)c(F)c1.Cl. The van der Waals surface area contributed by atoms with Crippen LogP contribution in [0.2, 0.25) is 0 Å². The van der Waals surface area contributed by atoms with Gasteiger partial charge < -0.3 is 10.4 Å². The lowest BCUT2D eigenvalue weighted by Gasteiger charge is -2.22. The van der Waals surface area contributed by atoms with E-state index in [-0.39, 0.29) is 23.7 Å². The average molecular weight is 338 g/mol. The van der Waals surface area contributed by atoms with Crippen molar-refractivity contribution in [3.05, 3.63) is 41.3 Å². The molecule has 1 aromatic carbocycles. The summed E-state index contributed by atoms with van der Waals surface area (Å²) in [6.45, 7) is 3.84. The normalized spacial score (nSPS) is 17.6. The molecule has 0 amide bonds. The molecule has 0 aliphatic carbocycles. The summed E-state index contributed by atoms with van der Waals surface area (Å²) in [5, 5.41) is 21.6. The van der Waals surface area contributed by atoms with Gasteiger partial charge in [0.2, 0.25) is 0 Å². The third-order valence-corrected chi connectivity index (χ3v) is 4.09. The largest absolute Gasteiger partial charge is 0.507 e. The number of piperidine rings is 1. The van der Waals surface area contributed by atoms with E-state index in [4.69, 9.17) is 0 Å². The summed E-state index contributed by atoms with van der Waals surface area (Å²) in [5.41, 5.74) is 2.06. The predicted octanol–water partition coefficient (Wildman–Crippen LogP) is 3.26. The Bertz CT molecular complexity index is 634. The highest BCUT2D eigenvalue weighted by Crippen LogP contribution is 2.31. The molecule has 2 aromatic rings. The molecular weight excluding hydrogens is 317 g/mol. The highest BCUT2D eigenvalue weighted by molar-refractivity contribution is 5.85. The van der Waals surface area contributed by atoms with Gasteiger partial charge in [0.15, 0.2) is 0 Å². The molecule has 3 rings (SSSR count). The van der Waals surface area contributed by atoms with E-state index in [0.29, 0.717) is 17.2 Å². The molecule has 1 fully saturated rings. The second-order valence-electron chi connectivity index (χ2n) is 5.97. The number of aromatic hydroxyl groups is 1. The molecule has 124 valence electrons. The lowest BCUT2D eigenvalue weighted by Crippen LogP contribution is -2.31. The van der Waals surface area contributed by atoms with Crippen LogP contribution in [0.3, 0.4) is 0 Å². The molecule has 1 aliphatic rings. The molecule has 0 radical (unpaired) electrons. The van der Waals surface area contributed by atoms with Gasteiger partial charge in [-0.1, -0.05) is 0 Å². The van der Waals surface area contributed by atoms with Crippen LogP contribution >= 0.6 is 12.4 Å². The van der Waals surface area contributed by atoms with Crippen LogP contribution in [-0.4, -0.2) is 28.4 Å². The van der Waals surface area contributed by atoms with Crippen LogP contribution in [0.4, 0.5) is 4.39 Å². The molecule has 1 aromatic heterocycles. The van der Waals surface area contributed by atoms with Gasteiger partial charge in [-0.05, 0) is 75.0 Å². The number of nitrogens with zero attached hydrogens (tertiary/aromatic N) is 2. The van der Waals surface area contributed by atoms with Crippen LogP contribution in [0.1, 0.15) is 24.1 Å². The Balaban J connectivity index is 0.00000192. The smallest absolute Gasteiger partial charge is 0.136 e. The number of hydrogen-bond donors (Lipinski definition) is 2. The maximum absolute atomic E-state index is 14.0. The zero-order valence-corrected chi connectivity index (χ0v) is 13.9. The van der Waals surface area contributed by atoms with Crippen LogP contribution in [-0.2, 0) is 6.42 Å². The zero-order chi connectivity index (χ0) is 15.5. The van der Waals surface area contributed by atoms with Gasteiger partial charge >= 0.3 is 0 Å². The molecule has 4 nitrogen and oxygen atoms in total. The first-order valence-electron chi connectivity index (χ1n) is 7.66. The first-order chi connectivity index (χ1) is 10.6. The third kappa shape index (κ3) is 4.18. The van der Waals surface area contributed by atoms with E-state index in [1.807, 2.05) is 6.07 Å².